The predicted molar refractivity (Wildman–Crippen MR) is 85.3 cm³/mol. The molecule has 5 nitrogen and oxygen atoms in total. The summed E-state index contributed by atoms with van der Waals surface area (Å²) in [4.78, 5) is 25.6. The monoisotopic (exact) mass is 340 g/mol. The lowest BCUT2D eigenvalue weighted by Gasteiger charge is -2.21. The van der Waals surface area contributed by atoms with Crippen molar-refractivity contribution in [2.24, 2.45) is 11.8 Å². The van der Waals surface area contributed by atoms with Gasteiger partial charge in [0.15, 0.2) is 0 Å². The molecule has 1 aliphatic rings. The van der Waals surface area contributed by atoms with Gasteiger partial charge in [0.1, 0.15) is 11.6 Å². The van der Waals surface area contributed by atoms with Gasteiger partial charge in [-0.3, -0.25) is 9.59 Å². The number of hydrogen-bond donors (Lipinski definition) is 2. The SMILES string of the molecule is CC(C)CC(CO)NC(=O)C1CC(=O)N(c2cc(F)cc(F)c2)C1. The average molecular weight is 340 g/mol. The molecule has 1 saturated heterocycles. The lowest BCUT2D eigenvalue weighted by atomic mass is 10.0. The number of nitrogens with zero attached hydrogens (tertiary/aromatic N) is 1. The van der Waals surface area contributed by atoms with Crippen LogP contribution in [0.3, 0.4) is 0 Å². The van der Waals surface area contributed by atoms with Gasteiger partial charge in [-0.1, -0.05) is 13.8 Å². The first-order chi connectivity index (χ1) is 11.3. The lowest BCUT2D eigenvalue weighted by Crippen LogP contribution is -2.42. The van der Waals surface area contributed by atoms with Gasteiger partial charge in [0.05, 0.1) is 18.6 Å². The molecule has 2 unspecified atom stereocenters. The second-order valence-corrected chi connectivity index (χ2v) is 6.55. The number of amides is 2. The van der Waals surface area contributed by atoms with Crippen LogP contribution in [-0.2, 0) is 9.59 Å². The predicted octanol–water partition coefficient (Wildman–Crippen LogP) is 1.84. The molecule has 1 aliphatic heterocycles. The highest BCUT2D eigenvalue weighted by Gasteiger charge is 2.36. The van der Waals surface area contributed by atoms with Crippen LogP contribution >= 0.6 is 0 Å². The van der Waals surface area contributed by atoms with Gasteiger partial charge in [0, 0.05) is 24.7 Å². The van der Waals surface area contributed by atoms with Crippen LogP contribution in [0, 0.1) is 23.5 Å². The zero-order valence-electron chi connectivity index (χ0n) is 13.8. The Morgan fingerprint density at radius 2 is 1.96 bits per heavy atom. The number of aliphatic hydroxyl groups excluding tert-OH is 1. The van der Waals surface area contributed by atoms with E-state index in [4.69, 9.17) is 0 Å². The molecule has 0 spiro atoms. The zero-order valence-corrected chi connectivity index (χ0v) is 13.8. The average Bonchev–Trinajstić information content (AvgIpc) is 2.87. The van der Waals surface area contributed by atoms with Crippen molar-refractivity contribution in [3.63, 3.8) is 0 Å². The van der Waals surface area contributed by atoms with Gasteiger partial charge in [0.25, 0.3) is 0 Å². The number of benzene rings is 1. The Hall–Kier alpha value is -2.02. The fourth-order valence-corrected chi connectivity index (χ4v) is 2.90. The van der Waals surface area contributed by atoms with E-state index in [1.807, 2.05) is 13.8 Å². The van der Waals surface area contributed by atoms with Crippen LogP contribution in [0.5, 0.6) is 0 Å². The molecule has 7 heteroatoms. The number of carbonyl (C=O) groups excluding carboxylic acids is 2. The molecule has 0 aromatic heterocycles. The third-order valence-electron chi connectivity index (χ3n) is 3.98. The van der Waals surface area contributed by atoms with Gasteiger partial charge in [-0.25, -0.2) is 8.78 Å². The second-order valence-electron chi connectivity index (χ2n) is 6.55. The van der Waals surface area contributed by atoms with Crippen molar-refractivity contribution >= 4 is 17.5 Å². The number of rotatable bonds is 6. The molecule has 1 aromatic carbocycles. The molecule has 0 aliphatic carbocycles. The fourth-order valence-electron chi connectivity index (χ4n) is 2.90. The lowest BCUT2D eigenvalue weighted by molar-refractivity contribution is -0.127. The Labute approximate surface area is 139 Å². The van der Waals surface area contributed by atoms with E-state index in [0.717, 1.165) is 18.2 Å². The minimum absolute atomic E-state index is 0.0240. The third-order valence-corrected chi connectivity index (χ3v) is 3.98. The molecule has 1 aromatic rings. The maximum Gasteiger partial charge on any atom is 0.227 e. The minimum atomic E-state index is -0.775. The molecule has 2 atom stereocenters. The Morgan fingerprint density at radius 1 is 1.33 bits per heavy atom. The first-order valence-corrected chi connectivity index (χ1v) is 7.97. The molecule has 0 saturated carbocycles. The van der Waals surface area contributed by atoms with E-state index in [1.54, 1.807) is 0 Å². The van der Waals surface area contributed by atoms with Crippen molar-refractivity contribution in [3.05, 3.63) is 29.8 Å². The fraction of sp³-hybridized carbons (Fsp3) is 0.529. The second kappa shape index (κ2) is 7.70. The zero-order chi connectivity index (χ0) is 17.9. The highest BCUT2D eigenvalue weighted by molar-refractivity contribution is 6.00. The smallest absolute Gasteiger partial charge is 0.227 e. The van der Waals surface area contributed by atoms with Crippen molar-refractivity contribution in [3.8, 4) is 0 Å². The van der Waals surface area contributed by atoms with Crippen LogP contribution in [-0.4, -0.2) is 36.1 Å². The van der Waals surface area contributed by atoms with E-state index in [1.165, 1.54) is 4.90 Å². The summed E-state index contributed by atoms with van der Waals surface area (Å²) in [6.07, 6.45) is 0.603. The standard InChI is InChI=1S/C17H22F2N2O3/c1-10(2)3-14(9-22)20-17(24)11-4-16(23)21(8-11)15-6-12(18)5-13(19)7-15/h5-7,10-11,14,22H,3-4,8-9H2,1-2H3,(H,20,24). The summed E-state index contributed by atoms with van der Waals surface area (Å²) < 4.78 is 26.6. The molecular weight excluding hydrogens is 318 g/mol. The van der Waals surface area contributed by atoms with Crippen molar-refractivity contribution < 1.29 is 23.5 Å². The molecule has 0 bridgehead atoms. The molecule has 2 rings (SSSR count). The number of anilines is 1. The number of hydrogen-bond acceptors (Lipinski definition) is 3. The Morgan fingerprint density at radius 3 is 2.50 bits per heavy atom. The molecule has 132 valence electrons. The van der Waals surface area contributed by atoms with E-state index >= 15 is 0 Å². The van der Waals surface area contributed by atoms with Crippen LogP contribution in [0.15, 0.2) is 18.2 Å². The number of carbonyl (C=O) groups is 2. The van der Waals surface area contributed by atoms with E-state index in [-0.39, 0.29) is 43.1 Å². The van der Waals surface area contributed by atoms with Crippen molar-refractivity contribution in [2.75, 3.05) is 18.1 Å². The van der Waals surface area contributed by atoms with Crippen molar-refractivity contribution in [2.45, 2.75) is 32.7 Å². The van der Waals surface area contributed by atoms with Crippen LogP contribution in [0.25, 0.3) is 0 Å². The first-order valence-electron chi connectivity index (χ1n) is 7.97. The summed E-state index contributed by atoms with van der Waals surface area (Å²) in [5.41, 5.74) is 0.105. The van der Waals surface area contributed by atoms with E-state index in [9.17, 15) is 23.5 Å². The van der Waals surface area contributed by atoms with Gasteiger partial charge in [-0.15, -0.1) is 0 Å². The van der Waals surface area contributed by atoms with E-state index in [2.05, 4.69) is 5.32 Å². The van der Waals surface area contributed by atoms with Crippen LogP contribution in [0.1, 0.15) is 26.7 Å². The molecule has 1 fully saturated rings. The van der Waals surface area contributed by atoms with Crippen molar-refractivity contribution in [1.29, 1.82) is 0 Å². The van der Waals surface area contributed by atoms with Crippen LogP contribution in [0.2, 0.25) is 0 Å². The third kappa shape index (κ3) is 4.50. The van der Waals surface area contributed by atoms with Gasteiger partial charge < -0.3 is 15.3 Å². The Kier molecular flexibility index (Phi) is 5.88. The highest BCUT2D eigenvalue weighted by Crippen LogP contribution is 2.26. The first kappa shape index (κ1) is 18.3. The summed E-state index contributed by atoms with van der Waals surface area (Å²) in [7, 11) is 0. The van der Waals surface area contributed by atoms with Gasteiger partial charge in [0.2, 0.25) is 11.8 Å². The van der Waals surface area contributed by atoms with Crippen molar-refractivity contribution in [1.82, 2.24) is 5.32 Å². The van der Waals surface area contributed by atoms with Gasteiger partial charge in [-0.2, -0.15) is 0 Å². The number of nitrogens with one attached hydrogen (secondary N) is 1. The molecule has 2 amide bonds. The Bertz CT molecular complexity index is 602. The topological polar surface area (TPSA) is 69.6 Å². The van der Waals surface area contributed by atoms with Crippen LogP contribution < -0.4 is 10.2 Å². The minimum Gasteiger partial charge on any atom is -0.394 e. The summed E-state index contributed by atoms with van der Waals surface area (Å²) in [6.45, 7) is 3.85. The Balaban J connectivity index is 2.04. The van der Waals surface area contributed by atoms with Gasteiger partial charge in [-0.05, 0) is 24.5 Å². The molecular formula is C17H22F2N2O3. The van der Waals surface area contributed by atoms with E-state index < -0.39 is 17.6 Å². The summed E-state index contributed by atoms with van der Waals surface area (Å²) in [5, 5.41) is 12.1. The highest BCUT2D eigenvalue weighted by atomic mass is 19.1. The summed E-state index contributed by atoms with van der Waals surface area (Å²) in [6, 6.07) is 2.49. The molecule has 0 radical (unpaired) electrons. The molecule has 24 heavy (non-hydrogen) atoms. The number of aliphatic hydroxyl groups is 1. The maximum absolute atomic E-state index is 13.3. The number of halogens is 2. The normalized spacial score (nSPS) is 19.0. The van der Waals surface area contributed by atoms with E-state index in [0.29, 0.717) is 12.3 Å². The quantitative estimate of drug-likeness (QED) is 0.830. The molecule has 1 heterocycles. The van der Waals surface area contributed by atoms with Crippen LogP contribution in [0.4, 0.5) is 14.5 Å². The molecule has 2 N–H and O–H groups in total. The maximum atomic E-state index is 13.3. The summed E-state index contributed by atoms with van der Waals surface area (Å²) >= 11 is 0. The summed E-state index contributed by atoms with van der Waals surface area (Å²) in [5.74, 6) is -2.54. The van der Waals surface area contributed by atoms with Gasteiger partial charge >= 0.3 is 0 Å². The largest absolute Gasteiger partial charge is 0.394 e.